The Morgan fingerprint density at radius 1 is 1.23 bits per heavy atom. The molecule has 0 fully saturated rings. The van der Waals surface area contributed by atoms with Crippen LogP contribution in [0.3, 0.4) is 0 Å². The van der Waals surface area contributed by atoms with E-state index in [1.54, 1.807) is 6.92 Å². The maximum absolute atomic E-state index is 13.9. The number of likely N-dealkylation sites (N-methyl/N-ethyl adjacent to an activating group) is 1. The summed E-state index contributed by atoms with van der Waals surface area (Å²) in [7, 11) is -2.24. The maximum Gasteiger partial charge on any atom is 0.259 e. The minimum atomic E-state index is -3.50. The lowest BCUT2D eigenvalue weighted by atomic mass is 10.2. The molecule has 26 heavy (non-hydrogen) atoms. The average Bonchev–Trinajstić information content (AvgIpc) is 2.95. The van der Waals surface area contributed by atoms with Crippen molar-refractivity contribution in [2.75, 3.05) is 30.5 Å². The van der Waals surface area contributed by atoms with Crippen molar-refractivity contribution >= 4 is 33.2 Å². The van der Waals surface area contributed by atoms with E-state index in [0.29, 0.717) is 5.76 Å². The molecule has 0 saturated heterocycles. The van der Waals surface area contributed by atoms with Crippen LogP contribution in [0.5, 0.6) is 0 Å². The van der Waals surface area contributed by atoms with Gasteiger partial charge in [-0.05, 0) is 31.2 Å². The van der Waals surface area contributed by atoms with Gasteiger partial charge in [0.2, 0.25) is 15.9 Å². The highest BCUT2D eigenvalue weighted by Crippen LogP contribution is 2.21. The van der Waals surface area contributed by atoms with Gasteiger partial charge in [0.1, 0.15) is 11.6 Å². The van der Waals surface area contributed by atoms with Gasteiger partial charge in [-0.15, -0.1) is 0 Å². The smallest absolute Gasteiger partial charge is 0.259 e. The number of rotatable bonds is 6. The first-order valence-corrected chi connectivity index (χ1v) is 9.29. The molecule has 0 spiro atoms. The molecule has 10 heteroatoms. The zero-order chi connectivity index (χ0) is 19.5. The van der Waals surface area contributed by atoms with E-state index in [1.807, 2.05) is 0 Å². The standard InChI is InChI=1S/C16H18FN3O5S/c1-10-12(6-7-25-10)16(22)19-14-8-11(4-5-13(14)17)18-15(21)9-20(2)26(3,23)24/h4-8H,9H2,1-3H3,(H,18,21)(H,19,22). The normalized spacial score (nSPS) is 11.4. The lowest BCUT2D eigenvalue weighted by molar-refractivity contribution is -0.116. The van der Waals surface area contributed by atoms with Gasteiger partial charge in [-0.25, -0.2) is 12.8 Å². The summed E-state index contributed by atoms with van der Waals surface area (Å²) in [6.45, 7) is 1.20. The molecule has 0 radical (unpaired) electrons. The van der Waals surface area contributed by atoms with E-state index in [0.717, 1.165) is 16.6 Å². The summed E-state index contributed by atoms with van der Waals surface area (Å²) < 4.78 is 42.5. The van der Waals surface area contributed by atoms with Gasteiger partial charge >= 0.3 is 0 Å². The lowest BCUT2D eigenvalue weighted by Crippen LogP contribution is -2.34. The summed E-state index contributed by atoms with van der Waals surface area (Å²) in [5.74, 6) is -1.47. The van der Waals surface area contributed by atoms with Crippen LogP contribution in [0, 0.1) is 12.7 Å². The molecule has 2 N–H and O–H groups in total. The molecule has 1 aromatic carbocycles. The Morgan fingerprint density at radius 2 is 1.92 bits per heavy atom. The first kappa shape index (κ1) is 19.6. The number of nitrogens with one attached hydrogen (secondary N) is 2. The molecule has 0 unspecified atom stereocenters. The second-order valence-electron chi connectivity index (χ2n) is 5.61. The van der Waals surface area contributed by atoms with E-state index in [4.69, 9.17) is 4.42 Å². The number of aryl methyl sites for hydroxylation is 1. The molecule has 0 aliphatic carbocycles. The van der Waals surface area contributed by atoms with Crippen molar-refractivity contribution in [1.29, 1.82) is 0 Å². The Bertz CT molecular complexity index is 939. The highest BCUT2D eigenvalue weighted by molar-refractivity contribution is 7.88. The number of furan rings is 1. The number of halogens is 1. The fraction of sp³-hybridized carbons (Fsp3) is 0.250. The largest absolute Gasteiger partial charge is 0.469 e. The Morgan fingerprint density at radius 3 is 2.50 bits per heavy atom. The summed E-state index contributed by atoms with van der Waals surface area (Å²) in [5, 5.41) is 4.85. The number of amides is 2. The van der Waals surface area contributed by atoms with Crippen LogP contribution in [0.15, 0.2) is 34.9 Å². The van der Waals surface area contributed by atoms with Crippen LogP contribution in [-0.2, 0) is 14.8 Å². The fourth-order valence-corrected chi connectivity index (χ4v) is 2.38. The van der Waals surface area contributed by atoms with Crippen LogP contribution in [0.25, 0.3) is 0 Å². The van der Waals surface area contributed by atoms with Gasteiger partial charge in [0, 0.05) is 12.7 Å². The van der Waals surface area contributed by atoms with Crippen molar-refractivity contribution in [3.63, 3.8) is 0 Å². The number of nitrogens with zero attached hydrogens (tertiary/aromatic N) is 1. The minimum absolute atomic E-state index is 0.134. The van der Waals surface area contributed by atoms with Crippen LogP contribution in [-0.4, -0.2) is 44.4 Å². The lowest BCUT2D eigenvalue weighted by Gasteiger charge is -2.14. The number of hydrogen-bond donors (Lipinski definition) is 2. The Hall–Kier alpha value is -2.72. The summed E-state index contributed by atoms with van der Waals surface area (Å²) in [5.41, 5.74) is 0.330. The molecule has 0 aliphatic rings. The van der Waals surface area contributed by atoms with Gasteiger partial charge in [0.15, 0.2) is 0 Å². The van der Waals surface area contributed by atoms with E-state index < -0.39 is 34.2 Å². The molecular formula is C16H18FN3O5S. The predicted octanol–water partition coefficient (Wildman–Crippen LogP) is 1.81. The average molecular weight is 383 g/mol. The maximum atomic E-state index is 13.9. The van der Waals surface area contributed by atoms with E-state index >= 15 is 0 Å². The topological polar surface area (TPSA) is 109 Å². The SMILES string of the molecule is Cc1occc1C(=O)Nc1cc(NC(=O)CN(C)S(C)(=O)=O)ccc1F. The van der Waals surface area contributed by atoms with E-state index in [1.165, 1.54) is 31.5 Å². The van der Waals surface area contributed by atoms with Gasteiger partial charge in [0.05, 0.1) is 30.3 Å². The minimum Gasteiger partial charge on any atom is -0.469 e. The molecule has 1 heterocycles. The predicted molar refractivity (Wildman–Crippen MR) is 93.9 cm³/mol. The Labute approximate surface area is 150 Å². The first-order chi connectivity index (χ1) is 12.1. The number of benzene rings is 1. The van der Waals surface area contributed by atoms with Crippen molar-refractivity contribution in [3.05, 3.63) is 47.7 Å². The van der Waals surface area contributed by atoms with Gasteiger partial charge in [-0.3, -0.25) is 9.59 Å². The summed E-state index contributed by atoms with van der Waals surface area (Å²) in [6.07, 6.45) is 2.32. The molecular weight excluding hydrogens is 365 g/mol. The third kappa shape index (κ3) is 4.90. The molecule has 8 nitrogen and oxygen atoms in total. The van der Waals surface area contributed by atoms with Gasteiger partial charge < -0.3 is 15.1 Å². The molecule has 0 bridgehead atoms. The van der Waals surface area contributed by atoms with Crippen LogP contribution in [0.4, 0.5) is 15.8 Å². The van der Waals surface area contributed by atoms with Gasteiger partial charge in [-0.2, -0.15) is 4.31 Å². The molecule has 0 atom stereocenters. The zero-order valence-electron chi connectivity index (χ0n) is 14.4. The number of anilines is 2. The molecule has 140 valence electrons. The Balaban J connectivity index is 2.11. The second-order valence-corrected chi connectivity index (χ2v) is 7.70. The molecule has 2 amide bonds. The summed E-state index contributed by atoms with van der Waals surface area (Å²) in [6, 6.07) is 5.07. The van der Waals surface area contributed by atoms with Crippen molar-refractivity contribution < 1.29 is 26.8 Å². The highest BCUT2D eigenvalue weighted by Gasteiger charge is 2.17. The molecule has 1 aromatic heterocycles. The number of sulfonamides is 1. The van der Waals surface area contributed by atoms with Crippen LogP contribution in [0.2, 0.25) is 0 Å². The van der Waals surface area contributed by atoms with Gasteiger partial charge in [-0.1, -0.05) is 0 Å². The third-order valence-corrected chi connectivity index (χ3v) is 4.80. The first-order valence-electron chi connectivity index (χ1n) is 7.44. The van der Waals surface area contributed by atoms with Crippen molar-refractivity contribution in [2.45, 2.75) is 6.92 Å². The van der Waals surface area contributed by atoms with Crippen molar-refractivity contribution in [1.82, 2.24) is 4.31 Å². The zero-order valence-corrected chi connectivity index (χ0v) is 15.2. The van der Waals surface area contributed by atoms with E-state index in [9.17, 15) is 22.4 Å². The molecule has 0 saturated carbocycles. The quantitative estimate of drug-likeness (QED) is 0.791. The monoisotopic (exact) mass is 383 g/mol. The molecule has 0 aliphatic heterocycles. The van der Waals surface area contributed by atoms with Crippen molar-refractivity contribution in [3.8, 4) is 0 Å². The summed E-state index contributed by atoms with van der Waals surface area (Å²) in [4.78, 5) is 24.0. The fourth-order valence-electron chi connectivity index (χ4n) is 2.03. The van der Waals surface area contributed by atoms with Gasteiger partial charge in [0.25, 0.3) is 5.91 Å². The van der Waals surface area contributed by atoms with E-state index in [-0.39, 0.29) is 16.9 Å². The highest BCUT2D eigenvalue weighted by atomic mass is 32.2. The van der Waals surface area contributed by atoms with E-state index in [2.05, 4.69) is 10.6 Å². The second kappa shape index (κ2) is 7.67. The molecule has 2 aromatic rings. The van der Waals surface area contributed by atoms with Crippen LogP contribution in [0.1, 0.15) is 16.1 Å². The van der Waals surface area contributed by atoms with Crippen LogP contribution >= 0.6 is 0 Å². The van der Waals surface area contributed by atoms with Crippen LogP contribution < -0.4 is 10.6 Å². The Kier molecular flexibility index (Phi) is 5.78. The third-order valence-electron chi connectivity index (χ3n) is 3.53. The number of carbonyl (C=O) groups excluding carboxylic acids is 2. The summed E-state index contributed by atoms with van der Waals surface area (Å²) >= 11 is 0. The van der Waals surface area contributed by atoms with Crippen molar-refractivity contribution in [2.24, 2.45) is 0 Å². The number of carbonyl (C=O) groups is 2. The number of hydrogen-bond acceptors (Lipinski definition) is 5. The molecule has 2 rings (SSSR count).